The first-order valence-electron chi connectivity index (χ1n) is 7.96. The van der Waals surface area contributed by atoms with Crippen molar-refractivity contribution in [2.24, 2.45) is 0 Å². The Labute approximate surface area is 131 Å². The van der Waals surface area contributed by atoms with Crippen LogP contribution < -0.4 is 0 Å². The second-order valence-corrected chi connectivity index (χ2v) is 6.28. The summed E-state index contributed by atoms with van der Waals surface area (Å²) in [5, 5.41) is 9.96. The summed E-state index contributed by atoms with van der Waals surface area (Å²) < 4.78 is 7.75. The van der Waals surface area contributed by atoms with Crippen molar-refractivity contribution in [1.82, 2.24) is 9.55 Å². The van der Waals surface area contributed by atoms with Crippen molar-refractivity contribution in [2.75, 3.05) is 7.11 Å². The summed E-state index contributed by atoms with van der Waals surface area (Å²) in [5.74, 6) is 1.37. The lowest BCUT2D eigenvalue weighted by Gasteiger charge is -2.29. The molecular formula is C18H24N2O2. The van der Waals surface area contributed by atoms with E-state index in [4.69, 9.17) is 4.74 Å². The molecule has 3 rings (SSSR count). The molecule has 0 amide bonds. The predicted molar refractivity (Wildman–Crippen MR) is 87.1 cm³/mol. The molecule has 1 aliphatic carbocycles. The topological polar surface area (TPSA) is 47.3 Å². The maximum Gasteiger partial charge on any atom is 0.140 e. The second-order valence-electron chi connectivity index (χ2n) is 6.28. The molecule has 0 atom stereocenters. The van der Waals surface area contributed by atoms with Gasteiger partial charge in [-0.05, 0) is 62.8 Å². The Balaban J connectivity index is 1.90. The lowest BCUT2D eigenvalue weighted by Crippen LogP contribution is -2.22. The summed E-state index contributed by atoms with van der Waals surface area (Å²) >= 11 is 0. The summed E-state index contributed by atoms with van der Waals surface area (Å²) in [6, 6.07) is 4.52. The fraction of sp³-hybridized carbons (Fsp3) is 0.500. The van der Waals surface area contributed by atoms with Crippen molar-refractivity contribution in [3.63, 3.8) is 0 Å². The maximum atomic E-state index is 9.96. The number of methoxy groups -OCH3 is 1. The van der Waals surface area contributed by atoms with Crippen LogP contribution >= 0.6 is 0 Å². The van der Waals surface area contributed by atoms with Gasteiger partial charge in [-0.3, -0.25) is 0 Å². The zero-order chi connectivity index (χ0) is 15.7. The van der Waals surface area contributed by atoms with Crippen LogP contribution in [0.25, 0.3) is 11.4 Å². The zero-order valence-electron chi connectivity index (χ0n) is 13.5. The smallest absolute Gasteiger partial charge is 0.140 e. The highest BCUT2D eigenvalue weighted by Crippen LogP contribution is 2.34. The Kier molecular flexibility index (Phi) is 4.21. The third-order valence-corrected chi connectivity index (χ3v) is 4.79. The number of imidazole rings is 1. The van der Waals surface area contributed by atoms with Crippen molar-refractivity contribution in [2.45, 2.75) is 51.7 Å². The Bertz CT molecular complexity index is 632. The molecule has 1 aromatic heterocycles. The Morgan fingerprint density at radius 1 is 1.14 bits per heavy atom. The number of aromatic hydroxyl groups is 1. The largest absolute Gasteiger partial charge is 0.507 e. The van der Waals surface area contributed by atoms with Crippen LogP contribution in [0.4, 0.5) is 0 Å². The molecule has 1 fully saturated rings. The number of ether oxygens (including phenoxy) is 1. The summed E-state index contributed by atoms with van der Waals surface area (Å²) in [5.41, 5.74) is 2.87. The van der Waals surface area contributed by atoms with Crippen LogP contribution in [0.5, 0.6) is 5.75 Å². The first-order valence-corrected chi connectivity index (χ1v) is 7.96. The van der Waals surface area contributed by atoms with E-state index in [0.717, 1.165) is 48.2 Å². The van der Waals surface area contributed by atoms with E-state index in [1.165, 1.54) is 0 Å². The predicted octanol–water partition coefficient (Wildman–Crippen LogP) is 4.00. The molecule has 1 aromatic carbocycles. The summed E-state index contributed by atoms with van der Waals surface area (Å²) in [6.07, 6.45) is 8.80. The molecule has 0 radical (unpaired) electrons. The van der Waals surface area contributed by atoms with Gasteiger partial charge in [-0.25, -0.2) is 4.98 Å². The van der Waals surface area contributed by atoms with Gasteiger partial charge in [0.15, 0.2) is 0 Å². The van der Waals surface area contributed by atoms with Crippen molar-refractivity contribution >= 4 is 0 Å². The van der Waals surface area contributed by atoms with E-state index < -0.39 is 0 Å². The van der Waals surface area contributed by atoms with Crippen LogP contribution in [0.2, 0.25) is 0 Å². The summed E-state index contributed by atoms with van der Waals surface area (Å²) in [7, 11) is 1.80. The number of rotatable bonds is 3. The lowest BCUT2D eigenvalue weighted by molar-refractivity contribution is 0.0586. The number of phenols is 1. The molecule has 0 bridgehead atoms. The zero-order valence-corrected chi connectivity index (χ0v) is 13.5. The van der Waals surface area contributed by atoms with E-state index in [1.54, 1.807) is 7.11 Å². The highest BCUT2D eigenvalue weighted by atomic mass is 16.5. The van der Waals surface area contributed by atoms with E-state index >= 15 is 0 Å². The van der Waals surface area contributed by atoms with Crippen LogP contribution in [-0.4, -0.2) is 27.9 Å². The monoisotopic (exact) mass is 300 g/mol. The average molecular weight is 300 g/mol. The van der Waals surface area contributed by atoms with Gasteiger partial charge in [0, 0.05) is 31.1 Å². The van der Waals surface area contributed by atoms with E-state index in [9.17, 15) is 5.11 Å². The number of aryl methyl sites for hydroxylation is 2. The van der Waals surface area contributed by atoms with Gasteiger partial charge >= 0.3 is 0 Å². The van der Waals surface area contributed by atoms with Gasteiger partial charge in [0.05, 0.1) is 6.10 Å². The average Bonchev–Trinajstić information content (AvgIpc) is 3.01. The molecule has 0 unspecified atom stereocenters. The fourth-order valence-electron chi connectivity index (χ4n) is 3.48. The van der Waals surface area contributed by atoms with E-state index in [0.29, 0.717) is 17.9 Å². The minimum Gasteiger partial charge on any atom is -0.507 e. The van der Waals surface area contributed by atoms with E-state index in [2.05, 4.69) is 15.7 Å². The Morgan fingerprint density at radius 3 is 2.36 bits per heavy atom. The third kappa shape index (κ3) is 2.75. The molecule has 1 heterocycles. The molecule has 1 aliphatic rings. The van der Waals surface area contributed by atoms with Crippen molar-refractivity contribution in [1.29, 1.82) is 0 Å². The van der Waals surface area contributed by atoms with Crippen LogP contribution in [0.1, 0.15) is 42.9 Å². The molecule has 0 saturated heterocycles. The molecule has 22 heavy (non-hydrogen) atoms. The van der Waals surface area contributed by atoms with Gasteiger partial charge in [-0.15, -0.1) is 0 Å². The van der Waals surface area contributed by atoms with Gasteiger partial charge in [0.1, 0.15) is 11.6 Å². The first kappa shape index (κ1) is 15.1. The molecule has 4 nitrogen and oxygen atoms in total. The van der Waals surface area contributed by atoms with E-state index in [-0.39, 0.29) is 0 Å². The normalized spacial score (nSPS) is 22.0. The van der Waals surface area contributed by atoms with Crippen molar-refractivity contribution in [3.8, 4) is 17.1 Å². The molecule has 2 aromatic rings. The van der Waals surface area contributed by atoms with Crippen molar-refractivity contribution in [3.05, 3.63) is 35.7 Å². The van der Waals surface area contributed by atoms with Gasteiger partial charge in [0.2, 0.25) is 0 Å². The van der Waals surface area contributed by atoms with Gasteiger partial charge < -0.3 is 14.4 Å². The number of aromatic nitrogens is 2. The van der Waals surface area contributed by atoms with E-state index in [1.807, 2.05) is 32.2 Å². The molecule has 0 aliphatic heterocycles. The second kappa shape index (κ2) is 6.13. The molecular weight excluding hydrogens is 276 g/mol. The Hall–Kier alpha value is -1.81. The molecule has 1 N–H and O–H groups in total. The van der Waals surface area contributed by atoms with Crippen LogP contribution in [0.3, 0.4) is 0 Å². The van der Waals surface area contributed by atoms with Crippen molar-refractivity contribution < 1.29 is 9.84 Å². The molecule has 0 spiro atoms. The molecule has 118 valence electrons. The number of benzene rings is 1. The quantitative estimate of drug-likeness (QED) is 0.932. The molecule has 4 heteroatoms. The minimum absolute atomic E-state index is 0.377. The standard InChI is InChI=1S/C18H24N2O2/c1-12-10-14(11-13(2)17(12)21)18-19-8-9-20(18)15-4-6-16(22-3)7-5-15/h8-11,15-16,21H,4-7H2,1-3H3. The molecule has 1 saturated carbocycles. The van der Waals surface area contributed by atoms with Gasteiger partial charge in [0.25, 0.3) is 0 Å². The number of nitrogens with zero attached hydrogens (tertiary/aromatic N) is 2. The van der Waals surface area contributed by atoms with Gasteiger partial charge in [-0.1, -0.05) is 0 Å². The fourth-order valence-corrected chi connectivity index (χ4v) is 3.48. The maximum absolute atomic E-state index is 9.96. The van der Waals surface area contributed by atoms with Gasteiger partial charge in [-0.2, -0.15) is 0 Å². The number of phenolic OH excluding ortho intramolecular Hbond substituents is 1. The first-order chi connectivity index (χ1) is 10.6. The SMILES string of the molecule is COC1CCC(n2ccnc2-c2cc(C)c(O)c(C)c2)CC1. The number of hydrogen-bond acceptors (Lipinski definition) is 3. The lowest BCUT2D eigenvalue weighted by atomic mass is 9.92. The van der Waals surface area contributed by atoms with Crippen LogP contribution in [0, 0.1) is 13.8 Å². The van der Waals surface area contributed by atoms with Crippen LogP contribution in [0.15, 0.2) is 24.5 Å². The highest BCUT2D eigenvalue weighted by molar-refractivity contribution is 5.61. The summed E-state index contributed by atoms with van der Waals surface area (Å²) in [6.45, 7) is 3.87. The highest BCUT2D eigenvalue weighted by Gasteiger charge is 2.24. The third-order valence-electron chi connectivity index (χ3n) is 4.79. The minimum atomic E-state index is 0.377. The Morgan fingerprint density at radius 2 is 1.77 bits per heavy atom. The number of hydrogen-bond donors (Lipinski definition) is 1. The van der Waals surface area contributed by atoms with Crippen LogP contribution in [-0.2, 0) is 4.74 Å². The summed E-state index contributed by atoms with van der Waals surface area (Å²) in [4.78, 5) is 4.56.